The van der Waals surface area contributed by atoms with E-state index >= 15 is 0 Å². The van der Waals surface area contributed by atoms with Crippen molar-refractivity contribution in [2.24, 2.45) is 23.2 Å². The topological polar surface area (TPSA) is 47.6 Å². The summed E-state index contributed by atoms with van der Waals surface area (Å²) in [6.45, 7) is 6.98. The van der Waals surface area contributed by atoms with Gasteiger partial charge in [-0.3, -0.25) is 0 Å². The Morgan fingerprint density at radius 3 is 2.40 bits per heavy atom. The summed E-state index contributed by atoms with van der Waals surface area (Å²) in [6, 6.07) is 8.26. The molecular weight excluding hydrogens is 374 g/mol. The molecule has 4 heteroatoms. The Labute approximate surface area is 182 Å². The van der Waals surface area contributed by atoms with Gasteiger partial charge in [0.25, 0.3) is 0 Å². The highest BCUT2D eigenvalue weighted by Crippen LogP contribution is 2.61. The average molecular weight is 414 g/mol. The molecule has 1 N–H and O–H groups in total. The third-order valence-electron chi connectivity index (χ3n) is 7.27. The molecule has 5 rings (SSSR count). The van der Waals surface area contributed by atoms with Gasteiger partial charge in [0.05, 0.1) is 6.61 Å². The summed E-state index contributed by atoms with van der Waals surface area (Å²) in [7, 11) is 0. The predicted octanol–water partition coefficient (Wildman–Crippen LogP) is 6.13. The number of alkyl carbamates (subject to hydrolysis) is 1. The maximum Gasteiger partial charge on any atom is 0.407 e. The van der Waals surface area contributed by atoms with Gasteiger partial charge in [-0.05, 0) is 119 Å². The van der Waals surface area contributed by atoms with Crippen molar-refractivity contribution in [2.75, 3.05) is 13.2 Å². The van der Waals surface area contributed by atoms with E-state index in [4.69, 9.17) is 9.47 Å². The molecule has 0 radical (unpaired) electrons. The summed E-state index contributed by atoms with van der Waals surface area (Å²) in [6.07, 6.45) is 11.9. The van der Waals surface area contributed by atoms with Crippen LogP contribution in [0, 0.1) is 23.2 Å². The number of nitrogens with one attached hydrogen (secondary N) is 1. The van der Waals surface area contributed by atoms with Gasteiger partial charge in [-0.1, -0.05) is 12.1 Å². The molecule has 0 heterocycles. The van der Waals surface area contributed by atoms with Crippen molar-refractivity contribution >= 4 is 6.09 Å². The van der Waals surface area contributed by atoms with Crippen LogP contribution in [-0.4, -0.2) is 24.8 Å². The highest BCUT2D eigenvalue weighted by Gasteiger charge is 2.50. The van der Waals surface area contributed by atoms with Gasteiger partial charge in [-0.15, -0.1) is 0 Å². The monoisotopic (exact) mass is 413 g/mol. The van der Waals surface area contributed by atoms with Gasteiger partial charge in [-0.2, -0.15) is 0 Å². The van der Waals surface area contributed by atoms with E-state index in [9.17, 15) is 4.79 Å². The minimum atomic E-state index is -0.464. The molecule has 1 amide bonds. The Kier molecular flexibility index (Phi) is 6.31. The van der Waals surface area contributed by atoms with E-state index in [1.807, 2.05) is 32.9 Å². The molecule has 4 bridgehead atoms. The molecule has 0 atom stereocenters. The Balaban J connectivity index is 1.17. The maximum absolute atomic E-state index is 11.8. The number of hydrogen-bond donors (Lipinski definition) is 1. The van der Waals surface area contributed by atoms with Gasteiger partial charge in [0.2, 0.25) is 0 Å². The lowest BCUT2D eigenvalue weighted by atomic mass is 9.48. The fourth-order valence-electron chi connectivity index (χ4n) is 6.65. The zero-order valence-electron chi connectivity index (χ0n) is 19.0. The summed E-state index contributed by atoms with van der Waals surface area (Å²) in [5, 5.41) is 2.82. The average Bonchev–Trinajstić information content (AvgIpc) is 2.63. The maximum atomic E-state index is 11.8. The van der Waals surface area contributed by atoms with Gasteiger partial charge >= 0.3 is 6.09 Å². The third-order valence-corrected chi connectivity index (χ3v) is 7.27. The second-order valence-corrected chi connectivity index (χ2v) is 11.2. The summed E-state index contributed by atoms with van der Waals surface area (Å²) < 4.78 is 11.4. The van der Waals surface area contributed by atoms with Crippen LogP contribution in [0.2, 0.25) is 0 Å². The van der Waals surface area contributed by atoms with Gasteiger partial charge in [0.15, 0.2) is 0 Å². The van der Waals surface area contributed by atoms with Crippen molar-refractivity contribution in [3.8, 4) is 5.75 Å². The number of benzene rings is 1. The van der Waals surface area contributed by atoms with E-state index in [2.05, 4.69) is 17.4 Å². The highest BCUT2D eigenvalue weighted by atomic mass is 16.6. The molecule has 4 aliphatic rings. The van der Waals surface area contributed by atoms with Crippen LogP contribution in [0.15, 0.2) is 24.3 Å². The van der Waals surface area contributed by atoms with Gasteiger partial charge in [0, 0.05) is 6.54 Å². The number of rotatable bonds is 8. The smallest absolute Gasteiger partial charge is 0.407 e. The quantitative estimate of drug-likeness (QED) is 0.522. The normalized spacial score (nSPS) is 29.6. The number of amides is 1. The first-order valence-corrected chi connectivity index (χ1v) is 12.0. The Morgan fingerprint density at radius 1 is 1.10 bits per heavy atom. The number of hydrogen-bond acceptors (Lipinski definition) is 3. The van der Waals surface area contributed by atoms with Crippen LogP contribution in [0.5, 0.6) is 5.75 Å². The molecule has 0 aliphatic heterocycles. The first kappa shape index (κ1) is 21.5. The van der Waals surface area contributed by atoms with Crippen molar-refractivity contribution in [1.82, 2.24) is 5.32 Å². The number of carbonyl (C=O) groups is 1. The first-order valence-electron chi connectivity index (χ1n) is 12.0. The van der Waals surface area contributed by atoms with Crippen LogP contribution in [0.25, 0.3) is 0 Å². The van der Waals surface area contributed by atoms with Crippen molar-refractivity contribution in [2.45, 2.75) is 84.2 Å². The molecule has 0 aromatic heterocycles. The Bertz CT molecular complexity index is 701. The van der Waals surface area contributed by atoms with Crippen LogP contribution in [0.1, 0.15) is 77.7 Å². The van der Waals surface area contributed by atoms with Gasteiger partial charge in [0.1, 0.15) is 11.4 Å². The minimum Gasteiger partial charge on any atom is -0.494 e. The molecule has 4 fully saturated rings. The van der Waals surface area contributed by atoms with Gasteiger partial charge < -0.3 is 14.8 Å². The third kappa shape index (κ3) is 5.70. The molecule has 166 valence electrons. The molecule has 0 spiro atoms. The SMILES string of the molecule is CC(C)(C)OC(=O)NCCc1cccc(OCCCC23CC4CC(CC(C4)C2)C3)c1. The van der Waals surface area contributed by atoms with Gasteiger partial charge in [-0.25, -0.2) is 4.79 Å². The summed E-state index contributed by atoms with van der Waals surface area (Å²) in [5.41, 5.74) is 1.35. The lowest BCUT2D eigenvalue weighted by Crippen LogP contribution is -2.46. The van der Waals surface area contributed by atoms with Crippen LogP contribution >= 0.6 is 0 Å². The fraction of sp³-hybridized carbons (Fsp3) is 0.731. The van der Waals surface area contributed by atoms with E-state index in [-0.39, 0.29) is 6.09 Å². The van der Waals surface area contributed by atoms with Crippen LogP contribution in [0.3, 0.4) is 0 Å². The minimum absolute atomic E-state index is 0.361. The lowest BCUT2D eigenvalue weighted by Gasteiger charge is -2.57. The van der Waals surface area contributed by atoms with E-state index in [0.717, 1.165) is 43.0 Å². The highest BCUT2D eigenvalue weighted by molar-refractivity contribution is 5.67. The molecule has 0 saturated heterocycles. The molecule has 1 aromatic carbocycles. The summed E-state index contributed by atoms with van der Waals surface area (Å²) in [4.78, 5) is 11.8. The number of carbonyl (C=O) groups excluding carboxylic acids is 1. The molecule has 4 saturated carbocycles. The molecule has 1 aromatic rings. The second kappa shape index (κ2) is 8.80. The zero-order chi connectivity index (χ0) is 21.2. The zero-order valence-corrected chi connectivity index (χ0v) is 19.0. The first-order chi connectivity index (χ1) is 14.3. The number of ether oxygens (including phenoxy) is 2. The van der Waals surface area contributed by atoms with E-state index in [1.54, 1.807) is 0 Å². The molecular formula is C26H39NO3. The van der Waals surface area contributed by atoms with Crippen LogP contribution in [0.4, 0.5) is 4.79 Å². The Morgan fingerprint density at radius 2 is 1.77 bits per heavy atom. The molecule has 0 unspecified atom stereocenters. The van der Waals surface area contributed by atoms with E-state index in [0.29, 0.717) is 12.0 Å². The van der Waals surface area contributed by atoms with Crippen molar-refractivity contribution in [3.63, 3.8) is 0 Å². The molecule has 4 nitrogen and oxygen atoms in total. The summed E-state index contributed by atoms with van der Waals surface area (Å²) in [5.74, 6) is 4.03. The largest absolute Gasteiger partial charge is 0.494 e. The fourth-order valence-corrected chi connectivity index (χ4v) is 6.65. The second-order valence-electron chi connectivity index (χ2n) is 11.2. The summed E-state index contributed by atoms with van der Waals surface area (Å²) >= 11 is 0. The van der Waals surface area contributed by atoms with Crippen LogP contribution in [-0.2, 0) is 11.2 Å². The van der Waals surface area contributed by atoms with E-state index < -0.39 is 5.60 Å². The van der Waals surface area contributed by atoms with Crippen molar-refractivity contribution < 1.29 is 14.3 Å². The lowest BCUT2D eigenvalue weighted by molar-refractivity contribution is -0.0593. The molecule has 4 aliphatic carbocycles. The predicted molar refractivity (Wildman–Crippen MR) is 120 cm³/mol. The van der Waals surface area contributed by atoms with Crippen molar-refractivity contribution in [1.29, 1.82) is 0 Å². The Hall–Kier alpha value is -1.71. The standard InChI is InChI=1S/C26H39NO3/c1-25(2,3)30-24(28)27-10-8-19-6-4-7-23(15-19)29-11-5-9-26-16-20-12-21(17-26)14-22(13-20)18-26/h4,6-7,15,20-22H,5,8-14,16-18H2,1-3H3,(H,27,28). The van der Waals surface area contributed by atoms with Crippen LogP contribution < -0.4 is 10.1 Å². The molecule has 30 heavy (non-hydrogen) atoms. The van der Waals surface area contributed by atoms with E-state index in [1.165, 1.54) is 50.5 Å². The van der Waals surface area contributed by atoms with Crippen molar-refractivity contribution in [3.05, 3.63) is 29.8 Å².